The molecule has 14 heteroatoms. The van der Waals surface area contributed by atoms with E-state index in [-0.39, 0.29) is 25.1 Å². The number of piperazine rings is 1. The van der Waals surface area contributed by atoms with Gasteiger partial charge in [0, 0.05) is 83.3 Å². The number of pyridine rings is 1. The smallest absolute Gasteiger partial charge is 0.410 e. The van der Waals surface area contributed by atoms with E-state index in [0.717, 1.165) is 34.7 Å². The summed E-state index contributed by atoms with van der Waals surface area (Å²) in [4.78, 5) is 58.3. The number of likely N-dealkylation sites (N-methyl/N-ethyl adjacent to an activating group) is 1. The molecule has 2 amide bonds. The molecule has 0 radical (unpaired) electrons. The molecular weight excluding hydrogens is 648 g/mol. The molecule has 0 saturated carbocycles. The number of halogens is 1. The van der Waals surface area contributed by atoms with Crippen LogP contribution in [-0.4, -0.2) is 119 Å². The van der Waals surface area contributed by atoms with E-state index in [4.69, 9.17) is 21.1 Å². The van der Waals surface area contributed by atoms with Crippen LogP contribution >= 0.6 is 11.6 Å². The lowest BCUT2D eigenvalue weighted by molar-refractivity contribution is -0.144. The quantitative estimate of drug-likeness (QED) is 0.196. The van der Waals surface area contributed by atoms with Gasteiger partial charge in [0.2, 0.25) is 11.9 Å². The number of hydrogen-bond acceptors (Lipinski definition) is 11. The van der Waals surface area contributed by atoms with E-state index in [1.807, 2.05) is 80.1 Å². The second-order valence-corrected chi connectivity index (χ2v) is 13.3. The van der Waals surface area contributed by atoms with Crippen molar-refractivity contribution < 1.29 is 23.9 Å². The Hall–Kier alpha value is -4.49. The number of nitrogens with one attached hydrogen (secondary N) is 1. The molecule has 1 fully saturated rings. The van der Waals surface area contributed by atoms with E-state index in [2.05, 4.69) is 20.3 Å². The van der Waals surface area contributed by atoms with Gasteiger partial charge in [-0.15, -0.1) is 11.6 Å². The molecule has 264 valence electrons. The Balaban J connectivity index is 1.26. The van der Waals surface area contributed by atoms with Gasteiger partial charge in [-0.3, -0.25) is 14.5 Å². The van der Waals surface area contributed by atoms with Crippen LogP contribution in [0.15, 0.2) is 54.9 Å². The summed E-state index contributed by atoms with van der Waals surface area (Å²) in [6, 6.07) is 13.2. The van der Waals surface area contributed by atoms with Crippen LogP contribution in [0.25, 0.3) is 11.3 Å². The van der Waals surface area contributed by atoms with E-state index in [0.29, 0.717) is 44.6 Å². The third-order valence-corrected chi connectivity index (χ3v) is 8.22. The van der Waals surface area contributed by atoms with Gasteiger partial charge >= 0.3 is 12.1 Å². The fraction of sp³-hybridized carbons (Fsp3) is 0.486. The Kier molecular flexibility index (Phi) is 13.1. The zero-order chi connectivity index (χ0) is 35.6. The minimum atomic E-state index is -0.620. The number of alkyl halides is 1. The number of ether oxygens (including phenoxy) is 2. The average molecular weight is 695 g/mol. The first kappa shape index (κ1) is 37.3. The van der Waals surface area contributed by atoms with Crippen LogP contribution in [0.2, 0.25) is 0 Å². The molecule has 1 N–H and O–H groups in total. The summed E-state index contributed by atoms with van der Waals surface area (Å²) in [5, 5.41) is 3.23. The zero-order valence-electron chi connectivity index (χ0n) is 29.2. The molecule has 4 rings (SSSR count). The minimum absolute atomic E-state index is 0.0471. The Labute approximate surface area is 293 Å². The van der Waals surface area contributed by atoms with Crippen molar-refractivity contribution in [3.63, 3.8) is 0 Å². The number of anilines is 3. The highest BCUT2D eigenvalue weighted by Crippen LogP contribution is 2.22. The first-order chi connectivity index (χ1) is 23.3. The maximum atomic E-state index is 13.2. The van der Waals surface area contributed by atoms with Crippen molar-refractivity contribution in [2.75, 3.05) is 70.2 Å². The standard InChI is InChI=1S/C35H47ClN8O5/c1-25(45)48-24-29-22-44(34(47)49-35(2,3)4)18-17-43(29)23-32(46)42(6)16-8-15-41(5)31-12-11-27(21-38-31)30-13-14-37-33(40-30)39-28-10-7-9-26(19-28)20-36/h7,9-14,19,21,29H,8,15-18,20,22-24H2,1-6H3,(H,37,39,40). The number of amides is 2. The third-order valence-electron chi connectivity index (χ3n) is 7.91. The van der Waals surface area contributed by atoms with Gasteiger partial charge < -0.3 is 29.5 Å². The second kappa shape index (κ2) is 17.3. The van der Waals surface area contributed by atoms with Gasteiger partial charge in [-0.25, -0.2) is 19.7 Å². The highest BCUT2D eigenvalue weighted by Gasteiger charge is 2.34. The molecule has 2 aromatic heterocycles. The fourth-order valence-electron chi connectivity index (χ4n) is 5.25. The van der Waals surface area contributed by atoms with Gasteiger partial charge in [0.05, 0.1) is 18.3 Å². The van der Waals surface area contributed by atoms with Crippen molar-refractivity contribution in [1.82, 2.24) is 29.7 Å². The normalized spacial score (nSPS) is 15.0. The van der Waals surface area contributed by atoms with E-state index in [1.165, 1.54) is 6.92 Å². The number of hydrogen-bond donors (Lipinski definition) is 1. The van der Waals surface area contributed by atoms with Crippen molar-refractivity contribution >= 4 is 47.0 Å². The molecule has 13 nitrogen and oxygen atoms in total. The molecule has 1 unspecified atom stereocenters. The molecule has 0 aliphatic carbocycles. The molecule has 0 bridgehead atoms. The van der Waals surface area contributed by atoms with Crippen molar-refractivity contribution in [1.29, 1.82) is 0 Å². The van der Waals surface area contributed by atoms with Crippen LogP contribution in [0.3, 0.4) is 0 Å². The molecule has 1 atom stereocenters. The van der Waals surface area contributed by atoms with Crippen molar-refractivity contribution in [3.8, 4) is 11.3 Å². The van der Waals surface area contributed by atoms with Gasteiger partial charge in [-0.1, -0.05) is 12.1 Å². The summed E-state index contributed by atoms with van der Waals surface area (Å²) in [5.74, 6) is 1.25. The number of nitrogens with zero attached hydrogens (tertiary/aromatic N) is 7. The topological polar surface area (TPSA) is 133 Å². The van der Waals surface area contributed by atoms with Crippen molar-refractivity contribution in [3.05, 3.63) is 60.4 Å². The van der Waals surface area contributed by atoms with Crippen LogP contribution in [0.5, 0.6) is 0 Å². The summed E-state index contributed by atoms with van der Waals surface area (Å²) >= 11 is 5.96. The van der Waals surface area contributed by atoms with Gasteiger partial charge in [-0.05, 0) is 63.1 Å². The van der Waals surface area contributed by atoms with Gasteiger partial charge in [0.1, 0.15) is 18.0 Å². The lowest BCUT2D eigenvalue weighted by Gasteiger charge is -2.41. The predicted octanol–water partition coefficient (Wildman–Crippen LogP) is 4.79. The molecule has 49 heavy (non-hydrogen) atoms. The first-order valence-electron chi connectivity index (χ1n) is 16.3. The number of aromatic nitrogens is 3. The van der Waals surface area contributed by atoms with E-state index in [1.54, 1.807) is 29.2 Å². The largest absolute Gasteiger partial charge is 0.464 e. The summed E-state index contributed by atoms with van der Waals surface area (Å²) in [6.07, 6.45) is 3.81. The van der Waals surface area contributed by atoms with Gasteiger partial charge in [0.15, 0.2) is 0 Å². The monoisotopic (exact) mass is 694 g/mol. The number of carbonyl (C=O) groups excluding carboxylic acids is 3. The van der Waals surface area contributed by atoms with Gasteiger partial charge in [0.25, 0.3) is 0 Å². The number of benzene rings is 1. The SMILES string of the molecule is CC(=O)OCC1CN(C(=O)OC(C)(C)C)CCN1CC(=O)N(C)CCCN(C)c1ccc(-c2ccnc(Nc3cccc(CCl)c3)n2)cn1. The van der Waals surface area contributed by atoms with Crippen molar-refractivity contribution in [2.24, 2.45) is 0 Å². The highest BCUT2D eigenvalue weighted by molar-refractivity contribution is 6.17. The van der Waals surface area contributed by atoms with Crippen LogP contribution < -0.4 is 10.2 Å². The van der Waals surface area contributed by atoms with E-state index < -0.39 is 17.7 Å². The highest BCUT2D eigenvalue weighted by atomic mass is 35.5. The maximum absolute atomic E-state index is 13.2. The molecule has 1 aromatic carbocycles. The number of esters is 1. The van der Waals surface area contributed by atoms with Crippen LogP contribution in [-0.2, 0) is 24.9 Å². The summed E-state index contributed by atoms with van der Waals surface area (Å²) in [5.41, 5.74) is 2.85. The summed E-state index contributed by atoms with van der Waals surface area (Å²) < 4.78 is 10.8. The molecule has 0 spiro atoms. The van der Waals surface area contributed by atoms with Crippen LogP contribution in [0, 0.1) is 0 Å². The number of rotatable bonds is 13. The van der Waals surface area contributed by atoms with E-state index >= 15 is 0 Å². The second-order valence-electron chi connectivity index (χ2n) is 13.1. The Morgan fingerprint density at radius 3 is 2.55 bits per heavy atom. The summed E-state index contributed by atoms with van der Waals surface area (Å²) in [6.45, 7) is 9.45. The third kappa shape index (κ3) is 11.6. The minimum Gasteiger partial charge on any atom is -0.464 e. The fourth-order valence-corrected chi connectivity index (χ4v) is 5.41. The average Bonchev–Trinajstić information content (AvgIpc) is 3.07. The molecular formula is C35H47ClN8O5. The Morgan fingerprint density at radius 1 is 1.06 bits per heavy atom. The lowest BCUT2D eigenvalue weighted by atomic mass is 10.1. The van der Waals surface area contributed by atoms with Crippen LogP contribution in [0.4, 0.5) is 22.2 Å². The van der Waals surface area contributed by atoms with Gasteiger partial charge in [-0.2, -0.15) is 0 Å². The Morgan fingerprint density at radius 2 is 1.86 bits per heavy atom. The zero-order valence-corrected chi connectivity index (χ0v) is 29.9. The predicted molar refractivity (Wildman–Crippen MR) is 190 cm³/mol. The van der Waals surface area contributed by atoms with Crippen LogP contribution in [0.1, 0.15) is 39.7 Å². The lowest BCUT2D eigenvalue weighted by Crippen LogP contribution is -2.58. The molecule has 3 aromatic rings. The molecule has 1 aliphatic rings. The Bertz CT molecular complexity index is 1570. The molecule has 1 aliphatic heterocycles. The van der Waals surface area contributed by atoms with Crippen molar-refractivity contribution in [2.45, 2.75) is 51.6 Å². The maximum Gasteiger partial charge on any atom is 0.410 e. The first-order valence-corrected chi connectivity index (χ1v) is 16.9. The molecule has 1 saturated heterocycles. The summed E-state index contributed by atoms with van der Waals surface area (Å²) in [7, 11) is 3.75. The number of carbonyl (C=O) groups is 3. The van der Waals surface area contributed by atoms with E-state index in [9.17, 15) is 14.4 Å². The molecule has 3 heterocycles.